The van der Waals surface area contributed by atoms with Gasteiger partial charge >= 0.3 is 0 Å². The van der Waals surface area contributed by atoms with Gasteiger partial charge in [-0.25, -0.2) is 0 Å². The van der Waals surface area contributed by atoms with Crippen LogP contribution in [0.2, 0.25) is 0 Å². The summed E-state index contributed by atoms with van der Waals surface area (Å²) < 4.78 is 1.74. The van der Waals surface area contributed by atoms with E-state index in [1.165, 1.54) is 0 Å². The summed E-state index contributed by atoms with van der Waals surface area (Å²) in [6.07, 6.45) is 3.46. The van der Waals surface area contributed by atoms with Crippen molar-refractivity contribution >= 4 is 5.78 Å². The fraction of sp³-hybridized carbons (Fsp3) is 0.600. The van der Waals surface area contributed by atoms with Crippen LogP contribution in [0.1, 0.15) is 19.0 Å². The zero-order valence-electron chi connectivity index (χ0n) is 8.03. The number of aromatic nitrogens is 2. The molecule has 13 heavy (non-hydrogen) atoms. The van der Waals surface area contributed by atoms with E-state index in [2.05, 4.69) is 12.0 Å². The van der Waals surface area contributed by atoms with Crippen molar-refractivity contribution in [3.8, 4) is 0 Å². The maximum absolute atomic E-state index is 11.5. The molecule has 1 aromatic rings. The van der Waals surface area contributed by atoms with Crippen LogP contribution in [0.5, 0.6) is 0 Å². The molecule has 0 N–H and O–H groups in total. The van der Waals surface area contributed by atoms with Gasteiger partial charge in [-0.1, -0.05) is 6.92 Å². The molecule has 0 bridgehead atoms. The van der Waals surface area contributed by atoms with Gasteiger partial charge in [0.15, 0.2) is 0 Å². The smallest absolute Gasteiger partial charge is 0.142 e. The van der Waals surface area contributed by atoms with Crippen molar-refractivity contribution in [2.45, 2.75) is 19.8 Å². The summed E-state index contributed by atoms with van der Waals surface area (Å²) in [5.74, 6) is 1.28. The molecule has 70 valence electrons. The molecule has 2 rings (SSSR count). The topological polar surface area (TPSA) is 34.9 Å². The van der Waals surface area contributed by atoms with E-state index in [1.54, 1.807) is 4.68 Å². The van der Waals surface area contributed by atoms with Crippen LogP contribution in [-0.2, 0) is 18.3 Å². The van der Waals surface area contributed by atoms with Crippen molar-refractivity contribution in [3.05, 3.63) is 18.0 Å². The molecule has 0 radical (unpaired) electrons. The van der Waals surface area contributed by atoms with Crippen LogP contribution < -0.4 is 0 Å². The van der Waals surface area contributed by atoms with E-state index in [0.717, 1.165) is 12.1 Å². The molecular weight excluding hydrogens is 164 g/mol. The van der Waals surface area contributed by atoms with Crippen molar-refractivity contribution < 1.29 is 4.79 Å². The highest BCUT2D eigenvalue weighted by molar-refractivity contribution is 5.85. The first-order valence-corrected chi connectivity index (χ1v) is 4.68. The molecule has 0 amide bonds. The van der Waals surface area contributed by atoms with Crippen LogP contribution in [0.15, 0.2) is 12.3 Å². The number of Topliss-reactive ketones (excluding diaryl/α,β-unsaturated/α-hetero) is 1. The van der Waals surface area contributed by atoms with Crippen molar-refractivity contribution in [2.24, 2.45) is 18.9 Å². The first-order chi connectivity index (χ1) is 6.16. The second-order valence-electron chi connectivity index (χ2n) is 3.94. The van der Waals surface area contributed by atoms with Gasteiger partial charge in [0.2, 0.25) is 0 Å². The van der Waals surface area contributed by atoms with Gasteiger partial charge in [-0.3, -0.25) is 9.48 Å². The Morgan fingerprint density at radius 1 is 1.77 bits per heavy atom. The minimum Gasteiger partial charge on any atom is -0.299 e. The fourth-order valence-electron chi connectivity index (χ4n) is 1.64. The van der Waals surface area contributed by atoms with E-state index in [-0.39, 0.29) is 0 Å². The molecule has 1 saturated carbocycles. The molecule has 1 aromatic heterocycles. The summed E-state index contributed by atoms with van der Waals surface area (Å²) in [4.78, 5) is 11.5. The van der Waals surface area contributed by atoms with E-state index >= 15 is 0 Å². The van der Waals surface area contributed by atoms with Crippen LogP contribution in [0.4, 0.5) is 0 Å². The quantitative estimate of drug-likeness (QED) is 0.696. The number of nitrogens with zero attached hydrogens (tertiary/aromatic N) is 2. The van der Waals surface area contributed by atoms with E-state index < -0.39 is 0 Å². The Kier molecular flexibility index (Phi) is 1.94. The van der Waals surface area contributed by atoms with Crippen molar-refractivity contribution in [2.75, 3.05) is 0 Å². The zero-order chi connectivity index (χ0) is 9.42. The highest BCUT2D eigenvalue weighted by atomic mass is 16.1. The molecular formula is C10H14N2O. The Morgan fingerprint density at radius 2 is 2.46 bits per heavy atom. The maximum Gasteiger partial charge on any atom is 0.142 e. The summed E-state index contributed by atoms with van der Waals surface area (Å²) in [5, 5.41) is 4.18. The number of ketones is 1. The molecule has 1 fully saturated rings. The lowest BCUT2D eigenvalue weighted by atomic mass is 10.1. The van der Waals surface area contributed by atoms with Crippen molar-refractivity contribution in [1.29, 1.82) is 0 Å². The van der Waals surface area contributed by atoms with Crippen molar-refractivity contribution in [3.63, 3.8) is 0 Å². The highest BCUT2D eigenvalue weighted by Crippen LogP contribution is 2.38. The van der Waals surface area contributed by atoms with Crippen LogP contribution in [-0.4, -0.2) is 15.6 Å². The fourth-order valence-corrected chi connectivity index (χ4v) is 1.64. The molecule has 1 aliphatic carbocycles. The Bertz CT molecular complexity index is 329. The van der Waals surface area contributed by atoms with Gasteiger partial charge in [0.25, 0.3) is 0 Å². The highest BCUT2D eigenvalue weighted by Gasteiger charge is 2.38. The average Bonchev–Trinajstić information content (AvgIpc) is 2.66. The first kappa shape index (κ1) is 8.48. The monoisotopic (exact) mass is 178 g/mol. The lowest BCUT2D eigenvalue weighted by Gasteiger charge is -1.94. The molecule has 1 aliphatic rings. The third-order valence-corrected chi connectivity index (χ3v) is 2.65. The van der Waals surface area contributed by atoms with Crippen LogP contribution >= 0.6 is 0 Å². The second kappa shape index (κ2) is 2.98. The molecule has 0 aromatic carbocycles. The summed E-state index contributed by atoms with van der Waals surface area (Å²) in [6, 6.07) is 1.91. The maximum atomic E-state index is 11.5. The minimum absolute atomic E-state index is 0.321. The molecule has 3 heteroatoms. The largest absolute Gasteiger partial charge is 0.299 e. The summed E-state index contributed by atoms with van der Waals surface area (Å²) in [5.41, 5.74) is 0.895. The first-order valence-electron chi connectivity index (χ1n) is 4.68. The Labute approximate surface area is 77.7 Å². The summed E-state index contributed by atoms with van der Waals surface area (Å²) in [7, 11) is 1.87. The van der Waals surface area contributed by atoms with Crippen LogP contribution in [0, 0.1) is 11.8 Å². The number of aryl methyl sites for hydroxylation is 1. The molecule has 0 aliphatic heterocycles. The Balaban J connectivity index is 1.95. The number of hydrogen-bond acceptors (Lipinski definition) is 2. The van der Waals surface area contributed by atoms with E-state index in [0.29, 0.717) is 24.0 Å². The summed E-state index contributed by atoms with van der Waals surface area (Å²) in [6.45, 7) is 2.13. The van der Waals surface area contributed by atoms with E-state index in [1.807, 2.05) is 19.3 Å². The van der Waals surface area contributed by atoms with Crippen molar-refractivity contribution in [1.82, 2.24) is 9.78 Å². The Hall–Kier alpha value is -1.12. The zero-order valence-corrected chi connectivity index (χ0v) is 8.03. The normalized spacial score (nSPS) is 26.0. The van der Waals surface area contributed by atoms with Gasteiger partial charge in [0.1, 0.15) is 5.78 Å². The number of rotatable bonds is 3. The molecule has 0 spiro atoms. The lowest BCUT2D eigenvalue weighted by Crippen LogP contribution is -2.06. The van der Waals surface area contributed by atoms with Gasteiger partial charge in [0, 0.05) is 19.2 Å². The summed E-state index contributed by atoms with van der Waals surface area (Å²) >= 11 is 0. The molecule has 0 saturated heterocycles. The van der Waals surface area contributed by atoms with Gasteiger partial charge in [-0.05, 0) is 18.4 Å². The van der Waals surface area contributed by atoms with Gasteiger partial charge in [0.05, 0.1) is 12.1 Å². The minimum atomic E-state index is 0.321. The second-order valence-corrected chi connectivity index (χ2v) is 3.94. The number of hydrogen-bond donors (Lipinski definition) is 0. The van der Waals surface area contributed by atoms with Gasteiger partial charge in [-0.15, -0.1) is 0 Å². The predicted molar refractivity (Wildman–Crippen MR) is 49.2 cm³/mol. The lowest BCUT2D eigenvalue weighted by molar-refractivity contribution is -0.119. The number of carbonyl (C=O) groups excluding carboxylic acids is 1. The number of carbonyl (C=O) groups is 1. The van der Waals surface area contributed by atoms with E-state index in [9.17, 15) is 4.79 Å². The average molecular weight is 178 g/mol. The van der Waals surface area contributed by atoms with Crippen LogP contribution in [0.25, 0.3) is 0 Å². The standard InChI is InChI=1S/C10H14N2O/c1-7-5-9(7)10(13)6-8-3-4-12(2)11-8/h3-4,7,9H,5-6H2,1-2H3. The molecule has 2 atom stereocenters. The third kappa shape index (κ3) is 1.79. The van der Waals surface area contributed by atoms with Gasteiger partial charge in [-0.2, -0.15) is 5.10 Å². The Morgan fingerprint density at radius 3 is 2.92 bits per heavy atom. The molecule has 3 nitrogen and oxygen atoms in total. The molecule has 2 unspecified atom stereocenters. The van der Waals surface area contributed by atoms with Gasteiger partial charge < -0.3 is 0 Å². The SMILES string of the molecule is CC1CC1C(=O)Cc1ccn(C)n1. The molecule has 1 heterocycles. The predicted octanol–water partition coefficient (Wildman–Crippen LogP) is 1.19. The van der Waals surface area contributed by atoms with E-state index in [4.69, 9.17) is 0 Å². The van der Waals surface area contributed by atoms with Crippen LogP contribution in [0.3, 0.4) is 0 Å². The third-order valence-electron chi connectivity index (χ3n) is 2.65.